The summed E-state index contributed by atoms with van der Waals surface area (Å²) in [5.41, 5.74) is 1.20. The fourth-order valence-corrected chi connectivity index (χ4v) is 3.53. The first-order valence-electron chi connectivity index (χ1n) is 9.65. The first kappa shape index (κ1) is 21.3. The van der Waals surface area contributed by atoms with E-state index in [1.54, 1.807) is 7.05 Å². The van der Waals surface area contributed by atoms with E-state index in [0.29, 0.717) is 12.2 Å². The fourth-order valence-electron chi connectivity index (χ4n) is 3.53. The van der Waals surface area contributed by atoms with Crippen molar-refractivity contribution in [3.8, 4) is 5.75 Å². The standard InChI is InChI=1S/C20H31N3O2.HI/c1-21-20(23-15-19-11-6-12-24-19)22-14-16-7-5-10-18(13-16)25-17-8-3-2-4-9-17;/h5,7,10,13,17,19H,2-4,6,8-9,11-12,14-15H2,1H3,(H2,21,22,23);1H. The van der Waals surface area contributed by atoms with Crippen molar-refractivity contribution in [1.29, 1.82) is 0 Å². The lowest BCUT2D eigenvalue weighted by molar-refractivity contribution is 0.114. The Morgan fingerprint density at radius 2 is 2.00 bits per heavy atom. The number of guanidine groups is 1. The second kappa shape index (κ2) is 11.6. The fraction of sp³-hybridized carbons (Fsp3) is 0.650. The number of nitrogens with zero attached hydrogens (tertiary/aromatic N) is 1. The highest BCUT2D eigenvalue weighted by molar-refractivity contribution is 14.0. The monoisotopic (exact) mass is 473 g/mol. The van der Waals surface area contributed by atoms with E-state index in [1.165, 1.54) is 37.7 Å². The van der Waals surface area contributed by atoms with E-state index >= 15 is 0 Å². The van der Waals surface area contributed by atoms with Crippen LogP contribution >= 0.6 is 24.0 Å². The molecule has 1 aliphatic carbocycles. The Balaban J connectivity index is 0.00000243. The molecule has 146 valence electrons. The average molecular weight is 473 g/mol. The quantitative estimate of drug-likeness (QED) is 0.375. The maximum Gasteiger partial charge on any atom is 0.191 e. The van der Waals surface area contributed by atoms with Gasteiger partial charge in [-0.2, -0.15) is 0 Å². The zero-order valence-corrected chi connectivity index (χ0v) is 18.0. The number of nitrogens with one attached hydrogen (secondary N) is 2. The van der Waals surface area contributed by atoms with Crippen molar-refractivity contribution in [2.24, 2.45) is 4.99 Å². The van der Waals surface area contributed by atoms with Gasteiger partial charge in [0.2, 0.25) is 0 Å². The number of rotatable bonds is 6. The van der Waals surface area contributed by atoms with Gasteiger partial charge in [0, 0.05) is 26.7 Å². The minimum absolute atomic E-state index is 0. The molecule has 1 heterocycles. The van der Waals surface area contributed by atoms with Gasteiger partial charge in [-0.1, -0.05) is 18.6 Å². The van der Waals surface area contributed by atoms with Crippen LogP contribution in [0.4, 0.5) is 0 Å². The molecule has 0 radical (unpaired) electrons. The van der Waals surface area contributed by atoms with Crippen LogP contribution < -0.4 is 15.4 Å². The molecular weight excluding hydrogens is 441 g/mol. The highest BCUT2D eigenvalue weighted by atomic mass is 127. The molecular formula is C20H32IN3O2. The molecule has 0 spiro atoms. The molecule has 1 aromatic carbocycles. The van der Waals surface area contributed by atoms with Crippen molar-refractivity contribution in [1.82, 2.24) is 10.6 Å². The Bertz CT molecular complexity index is 556. The number of aliphatic imine (C=N–C) groups is 1. The molecule has 3 rings (SSSR count). The summed E-state index contributed by atoms with van der Waals surface area (Å²) >= 11 is 0. The van der Waals surface area contributed by atoms with Crippen molar-refractivity contribution >= 4 is 29.9 Å². The van der Waals surface area contributed by atoms with Crippen LogP contribution in [0.2, 0.25) is 0 Å². The van der Waals surface area contributed by atoms with Crippen molar-refractivity contribution < 1.29 is 9.47 Å². The highest BCUT2D eigenvalue weighted by Gasteiger charge is 2.16. The van der Waals surface area contributed by atoms with Crippen LogP contribution in [0.25, 0.3) is 0 Å². The molecule has 5 nitrogen and oxygen atoms in total. The van der Waals surface area contributed by atoms with E-state index in [9.17, 15) is 0 Å². The van der Waals surface area contributed by atoms with Crippen LogP contribution in [0.1, 0.15) is 50.5 Å². The third-order valence-electron chi connectivity index (χ3n) is 4.96. The SMILES string of the molecule is CN=C(NCc1cccc(OC2CCCCC2)c1)NCC1CCCO1.I. The van der Waals surface area contributed by atoms with Gasteiger partial charge < -0.3 is 20.1 Å². The Labute approximate surface area is 174 Å². The van der Waals surface area contributed by atoms with Crippen LogP contribution in [-0.2, 0) is 11.3 Å². The lowest BCUT2D eigenvalue weighted by atomic mass is 9.98. The minimum Gasteiger partial charge on any atom is -0.490 e. The first-order valence-corrected chi connectivity index (χ1v) is 9.65. The van der Waals surface area contributed by atoms with E-state index in [1.807, 2.05) is 0 Å². The number of halogens is 1. The van der Waals surface area contributed by atoms with Gasteiger partial charge in [-0.3, -0.25) is 4.99 Å². The van der Waals surface area contributed by atoms with Gasteiger partial charge in [0.15, 0.2) is 5.96 Å². The van der Waals surface area contributed by atoms with Crippen molar-refractivity contribution in [3.05, 3.63) is 29.8 Å². The summed E-state index contributed by atoms with van der Waals surface area (Å²) in [6, 6.07) is 8.38. The maximum absolute atomic E-state index is 6.15. The zero-order valence-electron chi connectivity index (χ0n) is 15.7. The molecule has 1 saturated carbocycles. The van der Waals surface area contributed by atoms with E-state index in [2.05, 4.69) is 39.9 Å². The lowest BCUT2D eigenvalue weighted by Crippen LogP contribution is -2.40. The van der Waals surface area contributed by atoms with Crippen molar-refractivity contribution in [2.75, 3.05) is 20.2 Å². The molecule has 6 heteroatoms. The average Bonchev–Trinajstić information content (AvgIpc) is 3.17. The predicted molar refractivity (Wildman–Crippen MR) is 117 cm³/mol. The van der Waals surface area contributed by atoms with E-state index in [0.717, 1.165) is 44.2 Å². The molecule has 2 aliphatic rings. The van der Waals surface area contributed by atoms with Crippen LogP contribution in [0, 0.1) is 0 Å². The summed E-state index contributed by atoms with van der Waals surface area (Å²) in [4.78, 5) is 4.29. The Hall–Kier alpha value is -1.02. The highest BCUT2D eigenvalue weighted by Crippen LogP contribution is 2.23. The molecule has 1 saturated heterocycles. The third kappa shape index (κ3) is 6.95. The van der Waals surface area contributed by atoms with E-state index in [4.69, 9.17) is 9.47 Å². The predicted octanol–water partition coefficient (Wildman–Crippen LogP) is 3.86. The molecule has 1 aromatic rings. The molecule has 1 aliphatic heterocycles. The molecule has 0 amide bonds. The maximum atomic E-state index is 6.15. The van der Waals surface area contributed by atoms with Crippen LogP contribution in [0.3, 0.4) is 0 Å². The molecule has 26 heavy (non-hydrogen) atoms. The minimum atomic E-state index is 0. The zero-order chi connectivity index (χ0) is 17.3. The Morgan fingerprint density at radius 1 is 1.15 bits per heavy atom. The summed E-state index contributed by atoms with van der Waals surface area (Å²) < 4.78 is 11.8. The summed E-state index contributed by atoms with van der Waals surface area (Å²) in [6.45, 7) is 2.42. The Morgan fingerprint density at radius 3 is 2.73 bits per heavy atom. The summed E-state index contributed by atoms with van der Waals surface area (Å²) in [6.07, 6.45) is 9.28. The summed E-state index contributed by atoms with van der Waals surface area (Å²) in [5.74, 6) is 1.79. The van der Waals surface area contributed by atoms with Gasteiger partial charge in [0.1, 0.15) is 5.75 Å². The van der Waals surface area contributed by atoms with Crippen LogP contribution in [0.5, 0.6) is 5.75 Å². The van der Waals surface area contributed by atoms with Crippen LogP contribution in [0.15, 0.2) is 29.3 Å². The number of benzene rings is 1. The molecule has 2 N–H and O–H groups in total. The van der Waals surface area contributed by atoms with Gasteiger partial charge in [0.25, 0.3) is 0 Å². The second-order valence-corrected chi connectivity index (χ2v) is 6.97. The molecule has 0 bridgehead atoms. The smallest absolute Gasteiger partial charge is 0.191 e. The molecule has 2 fully saturated rings. The van der Waals surface area contributed by atoms with E-state index < -0.39 is 0 Å². The largest absolute Gasteiger partial charge is 0.490 e. The number of hydrogen-bond donors (Lipinski definition) is 2. The van der Waals surface area contributed by atoms with Gasteiger partial charge in [-0.25, -0.2) is 0 Å². The summed E-state index contributed by atoms with van der Waals surface area (Å²) in [7, 11) is 1.80. The van der Waals surface area contributed by atoms with Crippen molar-refractivity contribution in [2.45, 2.75) is 63.7 Å². The van der Waals surface area contributed by atoms with Gasteiger partial charge in [-0.05, 0) is 56.2 Å². The second-order valence-electron chi connectivity index (χ2n) is 6.97. The normalized spacial score (nSPS) is 21.1. The first-order chi connectivity index (χ1) is 12.3. The van der Waals surface area contributed by atoms with Gasteiger partial charge >= 0.3 is 0 Å². The number of ether oxygens (including phenoxy) is 2. The van der Waals surface area contributed by atoms with Gasteiger partial charge in [0.05, 0.1) is 12.2 Å². The van der Waals surface area contributed by atoms with E-state index in [-0.39, 0.29) is 24.0 Å². The number of hydrogen-bond acceptors (Lipinski definition) is 3. The molecule has 1 unspecified atom stereocenters. The molecule has 0 aromatic heterocycles. The Kier molecular flexibility index (Phi) is 9.53. The topological polar surface area (TPSA) is 54.9 Å². The lowest BCUT2D eigenvalue weighted by Gasteiger charge is -2.23. The van der Waals surface area contributed by atoms with Gasteiger partial charge in [-0.15, -0.1) is 24.0 Å². The van der Waals surface area contributed by atoms with Crippen LogP contribution in [-0.4, -0.2) is 38.4 Å². The third-order valence-corrected chi connectivity index (χ3v) is 4.96. The summed E-state index contributed by atoms with van der Waals surface area (Å²) in [5, 5.41) is 6.71. The molecule has 1 atom stereocenters. The van der Waals surface area contributed by atoms with Crippen molar-refractivity contribution in [3.63, 3.8) is 0 Å².